The molecule has 1 unspecified atom stereocenters. The monoisotopic (exact) mass is 544 g/mol. The van der Waals surface area contributed by atoms with Crippen molar-refractivity contribution in [1.82, 2.24) is 29.7 Å². The molecule has 3 N–H and O–H groups in total. The molecule has 0 aromatic carbocycles. The van der Waals surface area contributed by atoms with E-state index in [1.54, 1.807) is 13.1 Å². The predicted molar refractivity (Wildman–Crippen MR) is 150 cm³/mol. The van der Waals surface area contributed by atoms with Crippen molar-refractivity contribution < 1.29 is 15.0 Å². The second-order valence-electron chi connectivity index (χ2n) is 11.8. The summed E-state index contributed by atoms with van der Waals surface area (Å²) in [5, 5.41) is 24.4. The van der Waals surface area contributed by atoms with Crippen LogP contribution in [0.4, 0.5) is 17.6 Å². The Morgan fingerprint density at radius 2 is 1.90 bits per heavy atom. The van der Waals surface area contributed by atoms with Crippen molar-refractivity contribution in [1.29, 1.82) is 0 Å². The Morgan fingerprint density at radius 1 is 1.12 bits per heavy atom. The highest BCUT2D eigenvalue weighted by Gasteiger charge is 2.41. The van der Waals surface area contributed by atoms with Crippen molar-refractivity contribution in [3.63, 3.8) is 0 Å². The summed E-state index contributed by atoms with van der Waals surface area (Å²) < 4.78 is 0. The molecule has 0 aliphatic carbocycles. The number of hydrogen-bond acceptors (Lipinski definition) is 10. The summed E-state index contributed by atoms with van der Waals surface area (Å²) in [5.41, 5.74) is 3.42. The zero-order valence-electron chi connectivity index (χ0n) is 23.0. The zero-order valence-corrected chi connectivity index (χ0v) is 23.0. The number of carbonyl (C=O) groups is 1. The Balaban J connectivity index is 1.13. The Labute approximate surface area is 233 Å². The Hall–Kier alpha value is -3.41. The quantitative estimate of drug-likeness (QED) is 0.440. The van der Waals surface area contributed by atoms with Gasteiger partial charge < -0.3 is 25.3 Å². The van der Waals surface area contributed by atoms with E-state index in [9.17, 15) is 15.0 Å². The first-order valence-corrected chi connectivity index (χ1v) is 14.4. The lowest BCUT2D eigenvalue weighted by atomic mass is 10.0. The first-order chi connectivity index (χ1) is 19.3. The number of pyridine rings is 2. The molecule has 0 saturated carbocycles. The van der Waals surface area contributed by atoms with Crippen molar-refractivity contribution in [2.75, 3.05) is 30.4 Å². The number of aromatic nitrogens is 4. The molecule has 3 aromatic heterocycles. The molecule has 0 spiro atoms. The molecule has 7 heterocycles. The Bertz CT molecular complexity index is 1440. The number of anilines is 3. The standard InChI is InChI=1S/C29H36N8O3/c1-16(38)23-11-18-13-30-29(34-26(18)27(32-23)37-19-4-5-20(37)7-6-19)33-25-8-3-17-14-36(10-9-22(17)31-25)28(40)24-12-21(39)15-35(24)2/h3,8,11,13,16,19-21,24,38-39H,4-7,9-10,12,14-15H2,1-2H3,(H,30,31,33,34)/t16?,19?,20?,21-,24+/m0/s1. The predicted octanol–water partition coefficient (Wildman–Crippen LogP) is 2.30. The van der Waals surface area contributed by atoms with Gasteiger partial charge in [-0.15, -0.1) is 0 Å². The number of β-amino-alcohol motifs (C(OH)–C–C–N with tert-alkyl or cyclic N) is 1. The van der Waals surface area contributed by atoms with Crippen LogP contribution in [-0.4, -0.2) is 90.2 Å². The molecular weight excluding hydrogens is 508 g/mol. The molecule has 4 aliphatic rings. The molecule has 7 rings (SSSR count). The van der Waals surface area contributed by atoms with Gasteiger partial charge in [0.2, 0.25) is 11.9 Å². The third-order valence-corrected chi connectivity index (χ3v) is 9.10. The van der Waals surface area contributed by atoms with Crippen molar-refractivity contribution >= 4 is 34.4 Å². The van der Waals surface area contributed by atoms with E-state index in [2.05, 4.69) is 15.2 Å². The molecule has 3 saturated heterocycles. The van der Waals surface area contributed by atoms with Crippen LogP contribution in [0.3, 0.4) is 0 Å². The SMILES string of the molecule is CC(O)c1cc2cnc(Nc3ccc4c(n3)CCN(C(=O)[C@H]3C[C@H](O)CN3C)C4)nc2c(N2C3CCC2CC3)n1. The van der Waals surface area contributed by atoms with Gasteiger partial charge in [-0.25, -0.2) is 19.9 Å². The van der Waals surface area contributed by atoms with Gasteiger partial charge in [-0.05, 0) is 63.8 Å². The van der Waals surface area contributed by atoms with Gasteiger partial charge in [-0.3, -0.25) is 9.69 Å². The van der Waals surface area contributed by atoms with Crippen LogP contribution in [0.5, 0.6) is 0 Å². The van der Waals surface area contributed by atoms with Gasteiger partial charge in [0.1, 0.15) is 11.3 Å². The number of fused-ring (bicyclic) bond motifs is 4. The molecule has 3 atom stereocenters. The number of amides is 1. The number of aliphatic hydroxyl groups is 2. The van der Waals surface area contributed by atoms with Crippen LogP contribution in [0, 0.1) is 0 Å². The van der Waals surface area contributed by atoms with Crippen molar-refractivity contribution in [2.45, 2.75) is 82.3 Å². The van der Waals surface area contributed by atoms with Crippen LogP contribution in [-0.2, 0) is 17.8 Å². The first kappa shape index (κ1) is 25.6. The fraction of sp³-hybridized carbons (Fsp3) is 0.552. The molecule has 0 radical (unpaired) electrons. The number of carbonyl (C=O) groups excluding carboxylic acids is 1. The number of nitrogens with one attached hydrogen (secondary N) is 1. The van der Waals surface area contributed by atoms with E-state index in [0.717, 1.165) is 28.0 Å². The smallest absolute Gasteiger partial charge is 0.240 e. The van der Waals surface area contributed by atoms with Crippen molar-refractivity contribution in [2.24, 2.45) is 0 Å². The van der Waals surface area contributed by atoms with Crippen LogP contribution >= 0.6 is 0 Å². The molecule has 4 aliphatic heterocycles. The van der Waals surface area contributed by atoms with Crippen LogP contribution in [0.25, 0.3) is 10.9 Å². The lowest BCUT2D eigenvalue weighted by Crippen LogP contribution is -2.46. The third-order valence-electron chi connectivity index (χ3n) is 9.10. The highest BCUT2D eigenvalue weighted by Crippen LogP contribution is 2.42. The summed E-state index contributed by atoms with van der Waals surface area (Å²) in [6, 6.07) is 6.49. The van der Waals surface area contributed by atoms with E-state index in [4.69, 9.17) is 15.0 Å². The summed E-state index contributed by atoms with van der Waals surface area (Å²) in [5.74, 6) is 2.03. The fourth-order valence-electron chi connectivity index (χ4n) is 7.02. The number of likely N-dealkylation sites (tertiary alicyclic amines) is 1. The van der Waals surface area contributed by atoms with Crippen LogP contribution in [0.1, 0.15) is 62.1 Å². The molecule has 40 heavy (non-hydrogen) atoms. The minimum absolute atomic E-state index is 0.0751. The molecule has 1 amide bonds. The normalized spacial score (nSPS) is 26.9. The van der Waals surface area contributed by atoms with Gasteiger partial charge in [0.15, 0.2) is 5.82 Å². The summed E-state index contributed by atoms with van der Waals surface area (Å²) >= 11 is 0. The second kappa shape index (κ2) is 9.90. The maximum Gasteiger partial charge on any atom is 0.240 e. The van der Waals surface area contributed by atoms with E-state index in [0.29, 0.717) is 62.0 Å². The molecule has 3 aromatic rings. The molecule has 11 nitrogen and oxygen atoms in total. The van der Waals surface area contributed by atoms with Crippen LogP contribution in [0.2, 0.25) is 0 Å². The summed E-state index contributed by atoms with van der Waals surface area (Å²) in [4.78, 5) is 38.5. The van der Waals surface area contributed by atoms with Gasteiger partial charge >= 0.3 is 0 Å². The summed E-state index contributed by atoms with van der Waals surface area (Å²) in [7, 11) is 1.89. The van der Waals surface area contributed by atoms with E-state index in [-0.39, 0.29) is 11.9 Å². The average Bonchev–Trinajstić information content (AvgIpc) is 3.65. The topological polar surface area (TPSA) is 131 Å². The first-order valence-electron chi connectivity index (χ1n) is 14.4. The van der Waals surface area contributed by atoms with E-state index in [1.165, 1.54) is 25.7 Å². The molecule has 210 valence electrons. The minimum Gasteiger partial charge on any atom is -0.392 e. The highest BCUT2D eigenvalue weighted by molar-refractivity contribution is 5.90. The van der Waals surface area contributed by atoms with E-state index in [1.807, 2.05) is 35.0 Å². The molecule has 3 fully saturated rings. The Kier molecular flexibility index (Phi) is 6.32. The lowest BCUT2D eigenvalue weighted by Gasteiger charge is -2.32. The molecule has 2 bridgehead atoms. The number of rotatable bonds is 5. The number of aliphatic hydroxyl groups excluding tert-OH is 2. The van der Waals surface area contributed by atoms with E-state index >= 15 is 0 Å². The summed E-state index contributed by atoms with van der Waals surface area (Å²) in [6.45, 7) is 3.40. The molecule has 11 heteroatoms. The van der Waals surface area contributed by atoms with Gasteiger partial charge in [0.25, 0.3) is 0 Å². The van der Waals surface area contributed by atoms with Crippen molar-refractivity contribution in [3.05, 3.63) is 41.3 Å². The van der Waals surface area contributed by atoms with Gasteiger partial charge in [-0.1, -0.05) is 6.07 Å². The number of likely N-dealkylation sites (N-methyl/N-ethyl adjacent to an activating group) is 1. The second-order valence-corrected chi connectivity index (χ2v) is 11.8. The summed E-state index contributed by atoms with van der Waals surface area (Å²) in [6.07, 6.45) is 6.52. The number of nitrogens with zero attached hydrogens (tertiary/aromatic N) is 7. The lowest BCUT2D eigenvalue weighted by molar-refractivity contribution is -0.136. The minimum atomic E-state index is -0.669. The van der Waals surface area contributed by atoms with Crippen LogP contribution < -0.4 is 10.2 Å². The zero-order chi connectivity index (χ0) is 27.5. The van der Waals surface area contributed by atoms with Gasteiger partial charge in [0, 0.05) is 55.4 Å². The van der Waals surface area contributed by atoms with Gasteiger partial charge in [0.05, 0.1) is 23.9 Å². The third kappa shape index (κ3) is 4.46. The molecular formula is C29H36N8O3. The van der Waals surface area contributed by atoms with E-state index < -0.39 is 12.2 Å². The maximum absolute atomic E-state index is 13.1. The van der Waals surface area contributed by atoms with Crippen LogP contribution in [0.15, 0.2) is 24.4 Å². The number of hydrogen-bond donors (Lipinski definition) is 3. The maximum atomic E-state index is 13.1. The highest BCUT2D eigenvalue weighted by atomic mass is 16.3. The average molecular weight is 545 g/mol. The fourth-order valence-corrected chi connectivity index (χ4v) is 7.02. The van der Waals surface area contributed by atoms with Gasteiger partial charge in [-0.2, -0.15) is 0 Å². The Morgan fingerprint density at radius 3 is 2.60 bits per heavy atom. The van der Waals surface area contributed by atoms with Crippen molar-refractivity contribution in [3.8, 4) is 0 Å². The largest absolute Gasteiger partial charge is 0.392 e.